The van der Waals surface area contributed by atoms with Gasteiger partial charge in [0.1, 0.15) is 23.9 Å². The summed E-state index contributed by atoms with van der Waals surface area (Å²) in [6, 6.07) is 18.7. The summed E-state index contributed by atoms with van der Waals surface area (Å²) in [5.74, 6) is 0.999. The van der Waals surface area contributed by atoms with E-state index in [9.17, 15) is 10.2 Å². The number of nitrogens with one attached hydrogen (secondary N) is 2. The highest BCUT2D eigenvalue weighted by molar-refractivity contribution is 5.80. The lowest BCUT2D eigenvalue weighted by Crippen LogP contribution is -2.33. The molecule has 0 aliphatic carbocycles. The van der Waals surface area contributed by atoms with Crippen LogP contribution in [-0.4, -0.2) is 45.7 Å². The summed E-state index contributed by atoms with van der Waals surface area (Å²) in [5.41, 5.74) is 5.86. The minimum atomic E-state index is 0.0332. The lowest BCUT2D eigenvalue weighted by atomic mass is 9.98. The van der Waals surface area contributed by atoms with Gasteiger partial charge >= 0.3 is 0 Å². The van der Waals surface area contributed by atoms with Gasteiger partial charge in [-0.1, -0.05) is 24.3 Å². The van der Waals surface area contributed by atoms with Gasteiger partial charge in [-0.15, -0.1) is 9.35 Å². The molecule has 45 heavy (non-hydrogen) atoms. The lowest BCUT2D eigenvalue weighted by molar-refractivity contribution is -0.671. The van der Waals surface area contributed by atoms with Crippen molar-refractivity contribution in [2.75, 3.05) is 46.8 Å². The van der Waals surface area contributed by atoms with Crippen molar-refractivity contribution in [3.8, 4) is 11.5 Å². The highest BCUT2D eigenvalue weighted by Gasteiger charge is 2.28. The van der Waals surface area contributed by atoms with Gasteiger partial charge in [0.05, 0.1) is 51.6 Å². The second-order valence-corrected chi connectivity index (χ2v) is 12.5. The summed E-state index contributed by atoms with van der Waals surface area (Å²) in [6.07, 6.45) is 14.7. The Kier molecular flexibility index (Phi) is 7.48. The van der Waals surface area contributed by atoms with Crippen molar-refractivity contribution >= 4 is 22.7 Å². The van der Waals surface area contributed by atoms with Crippen LogP contribution in [0.25, 0.3) is 0 Å². The molecule has 0 amide bonds. The number of hydrogen-bond donors (Lipinski definition) is 4. The van der Waals surface area contributed by atoms with E-state index in [2.05, 4.69) is 125 Å². The lowest BCUT2D eigenvalue weighted by Gasteiger charge is -2.18. The van der Waals surface area contributed by atoms with E-state index in [1.165, 1.54) is 11.1 Å². The third-order valence-corrected chi connectivity index (χ3v) is 9.33. The number of rotatable bonds is 8. The standard InChI is InChI=1S/C35H40N8O2/c1-25-34(44)32(36-30-8-4-26(5-9-30)28-12-14-40(21-28)42-18-16-38(2)23-42)20-33(35(25)45)37-31-10-6-27(7-11-31)29-13-15-41(22-29)43-19-17-39(3)24-43/h4-11,16-20,23-24,28-29,36-37H,12-15,21-22H2,1-3H3/p+2. The van der Waals surface area contributed by atoms with E-state index >= 15 is 0 Å². The number of aromatic nitrogens is 4. The topological polar surface area (TPSA) is 88.6 Å². The minimum Gasteiger partial charge on any atom is -0.505 e. The second-order valence-electron chi connectivity index (χ2n) is 12.5. The molecule has 2 aromatic heterocycles. The number of hydrogen-bond acceptors (Lipinski definition) is 6. The third kappa shape index (κ3) is 5.87. The van der Waals surface area contributed by atoms with Crippen molar-refractivity contribution in [3.05, 3.63) is 109 Å². The Balaban J connectivity index is 1.01. The molecule has 2 aliphatic rings. The van der Waals surface area contributed by atoms with E-state index in [-0.39, 0.29) is 11.5 Å². The monoisotopic (exact) mass is 606 g/mol. The van der Waals surface area contributed by atoms with Crippen molar-refractivity contribution in [2.45, 2.75) is 31.6 Å². The molecule has 5 aromatic rings. The molecular weight excluding hydrogens is 564 g/mol. The van der Waals surface area contributed by atoms with Crippen LogP contribution >= 0.6 is 0 Å². The number of aryl methyl sites for hydroxylation is 2. The Labute approximate surface area is 264 Å². The van der Waals surface area contributed by atoms with Gasteiger partial charge in [-0.2, -0.15) is 0 Å². The largest absolute Gasteiger partial charge is 0.505 e. The van der Waals surface area contributed by atoms with Crippen LogP contribution in [0, 0.1) is 6.92 Å². The van der Waals surface area contributed by atoms with Crippen molar-refractivity contribution in [1.82, 2.24) is 9.35 Å². The predicted molar refractivity (Wildman–Crippen MR) is 176 cm³/mol. The normalized spacial score (nSPS) is 18.1. The quantitative estimate of drug-likeness (QED) is 0.119. The van der Waals surface area contributed by atoms with Gasteiger partial charge in [0, 0.05) is 28.8 Å². The molecule has 2 saturated heterocycles. The molecule has 10 heteroatoms. The van der Waals surface area contributed by atoms with Gasteiger partial charge in [-0.05, 0) is 61.2 Å². The van der Waals surface area contributed by atoms with E-state index < -0.39 is 0 Å². The molecule has 0 spiro atoms. The number of aromatic hydroxyl groups is 2. The van der Waals surface area contributed by atoms with Crippen molar-refractivity contribution in [2.24, 2.45) is 14.1 Å². The Morgan fingerprint density at radius 3 is 1.47 bits per heavy atom. The van der Waals surface area contributed by atoms with Crippen molar-refractivity contribution in [3.63, 3.8) is 0 Å². The molecule has 0 radical (unpaired) electrons. The van der Waals surface area contributed by atoms with E-state index in [0.717, 1.165) is 50.4 Å². The SMILES string of the molecule is Cc1c(O)c(Nc2ccc(C3CCN(n4cc[n+](C)c4)C3)cc2)cc(Nc2ccc(C3CCN(n4cc[n+](C)c4)C3)cc2)c1O. The first-order valence-electron chi connectivity index (χ1n) is 15.7. The molecule has 2 unspecified atom stereocenters. The molecule has 2 fully saturated rings. The van der Waals surface area contributed by atoms with E-state index in [1.807, 2.05) is 14.1 Å². The number of imidazole rings is 2. The average molecular weight is 607 g/mol. The Hall–Kier alpha value is -5.12. The smallest absolute Gasteiger partial charge is 0.267 e. The van der Waals surface area contributed by atoms with Crippen LogP contribution < -0.4 is 29.8 Å². The molecule has 7 rings (SSSR count). The molecule has 232 valence electrons. The van der Waals surface area contributed by atoms with Crippen LogP contribution in [0.1, 0.15) is 41.4 Å². The molecule has 2 aliphatic heterocycles. The van der Waals surface area contributed by atoms with Gasteiger partial charge in [0.15, 0.2) is 12.4 Å². The van der Waals surface area contributed by atoms with Crippen LogP contribution in [0.4, 0.5) is 22.7 Å². The summed E-state index contributed by atoms with van der Waals surface area (Å²) in [5, 5.41) is 33.2. The molecule has 0 bridgehead atoms. The zero-order valence-electron chi connectivity index (χ0n) is 26.1. The Morgan fingerprint density at radius 1 is 0.667 bits per heavy atom. The van der Waals surface area contributed by atoms with Gasteiger partial charge in [0.25, 0.3) is 12.7 Å². The average Bonchev–Trinajstić information content (AvgIpc) is 3.87. The van der Waals surface area contributed by atoms with E-state index in [1.54, 1.807) is 13.0 Å². The summed E-state index contributed by atoms with van der Waals surface area (Å²) in [4.78, 5) is 0. The van der Waals surface area contributed by atoms with E-state index in [4.69, 9.17) is 0 Å². The number of phenols is 2. The Morgan fingerprint density at radius 2 is 1.09 bits per heavy atom. The fraction of sp³-hybridized carbons (Fsp3) is 0.314. The maximum Gasteiger partial charge on any atom is 0.267 e. The van der Waals surface area contributed by atoms with Crippen LogP contribution in [0.5, 0.6) is 11.5 Å². The van der Waals surface area contributed by atoms with Gasteiger partial charge in [-0.3, -0.25) is 0 Å². The van der Waals surface area contributed by atoms with E-state index in [0.29, 0.717) is 28.8 Å². The Bertz CT molecular complexity index is 1670. The molecule has 0 saturated carbocycles. The summed E-state index contributed by atoms with van der Waals surface area (Å²) >= 11 is 0. The van der Waals surface area contributed by atoms with Gasteiger partial charge < -0.3 is 20.8 Å². The second kappa shape index (κ2) is 11.8. The first-order chi connectivity index (χ1) is 21.8. The molecule has 10 nitrogen and oxygen atoms in total. The number of nitrogens with zero attached hydrogens (tertiary/aromatic N) is 6. The van der Waals surface area contributed by atoms with Crippen LogP contribution in [-0.2, 0) is 14.1 Å². The number of benzene rings is 3. The first-order valence-corrected chi connectivity index (χ1v) is 15.7. The highest BCUT2D eigenvalue weighted by Crippen LogP contribution is 2.42. The fourth-order valence-corrected chi connectivity index (χ4v) is 6.63. The zero-order chi connectivity index (χ0) is 31.1. The maximum atomic E-state index is 10.9. The maximum absolute atomic E-state index is 10.9. The summed E-state index contributed by atoms with van der Waals surface area (Å²) in [7, 11) is 4.07. The van der Waals surface area contributed by atoms with Crippen LogP contribution in [0.3, 0.4) is 0 Å². The van der Waals surface area contributed by atoms with Crippen LogP contribution in [0.15, 0.2) is 92.0 Å². The molecule has 4 heterocycles. The minimum absolute atomic E-state index is 0.0332. The van der Waals surface area contributed by atoms with Gasteiger partial charge in [0.2, 0.25) is 0 Å². The van der Waals surface area contributed by atoms with Crippen LogP contribution in [0.2, 0.25) is 0 Å². The highest BCUT2D eigenvalue weighted by atomic mass is 16.3. The summed E-state index contributed by atoms with van der Waals surface area (Å²) in [6.45, 7) is 5.71. The summed E-state index contributed by atoms with van der Waals surface area (Å²) < 4.78 is 8.45. The number of phenolic OH excluding ortho intramolecular Hbond substituents is 2. The fourth-order valence-electron chi connectivity index (χ4n) is 6.63. The predicted octanol–water partition coefficient (Wildman–Crippen LogP) is 4.40. The number of anilines is 4. The third-order valence-electron chi connectivity index (χ3n) is 9.33. The molecule has 2 atom stereocenters. The first kappa shape index (κ1) is 28.6. The molecule has 3 aromatic carbocycles. The zero-order valence-corrected chi connectivity index (χ0v) is 26.1. The molecule has 4 N–H and O–H groups in total. The molecular formula is C35H42N8O2+2. The van der Waals surface area contributed by atoms with Crippen molar-refractivity contribution in [1.29, 1.82) is 0 Å². The van der Waals surface area contributed by atoms with Crippen molar-refractivity contribution < 1.29 is 19.3 Å². The van der Waals surface area contributed by atoms with Gasteiger partial charge in [-0.25, -0.2) is 19.2 Å².